The summed E-state index contributed by atoms with van der Waals surface area (Å²) in [6, 6.07) is 3.46. The quantitative estimate of drug-likeness (QED) is 0.304. The van der Waals surface area contributed by atoms with Crippen LogP contribution >= 0.6 is 11.3 Å². The molecule has 2 heterocycles. The van der Waals surface area contributed by atoms with Gasteiger partial charge in [-0.05, 0) is 26.0 Å². The largest absolute Gasteiger partial charge is 0.294 e. The van der Waals surface area contributed by atoms with E-state index in [1.165, 1.54) is 11.3 Å². The second-order valence-electron chi connectivity index (χ2n) is 5.03. The number of carbonyl (C=O) groups is 3. The molecule has 0 aliphatic carbocycles. The molecule has 0 unspecified atom stereocenters. The number of nitrogens with zero attached hydrogens (tertiary/aromatic N) is 1. The number of nitrogens with one attached hydrogen (secondary N) is 2. The van der Waals surface area contributed by atoms with Gasteiger partial charge in [-0.2, -0.15) is 0 Å². The van der Waals surface area contributed by atoms with Crippen molar-refractivity contribution in [2.75, 3.05) is 6.54 Å². The van der Waals surface area contributed by atoms with Crippen LogP contribution in [0.3, 0.4) is 0 Å². The summed E-state index contributed by atoms with van der Waals surface area (Å²) in [4.78, 5) is 37.9. The molecule has 7 nitrogen and oxygen atoms in total. The Bertz CT molecular complexity index is 567. The number of carbonyl (C=O) groups excluding carboxylic acids is 3. The zero-order valence-corrected chi connectivity index (χ0v) is 12.0. The lowest BCUT2D eigenvalue weighted by atomic mass is 9.98. The molecule has 108 valence electrons. The van der Waals surface area contributed by atoms with Crippen LogP contribution in [-0.4, -0.2) is 34.7 Å². The molecule has 1 aromatic rings. The standard InChI is InChI=1S/C12H16N4O3S/c1-12(2)11(19)14-9(17)6-16(12)5-7-3-4-8(20-7)10(18)15-13/h3-4H,5-6,13H2,1-2H3,(H,15,18)(H,14,17,19). The van der Waals surface area contributed by atoms with Crippen LogP contribution in [0.5, 0.6) is 0 Å². The van der Waals surface area contributed by atoms with E-state index in [0.29, 0.717) is 11.4 Å². The van der Waals surface area contributed by atoms with Crippen LogP contribution in [0.1, 0.15) is 28.4 Å². The maximum Gasteiger partial charge on any atom is 0.275 e. The molecule has 0 bridgehead atoms. The molecule has 4 N–H and O–H groups in total. The predicted molar refractivity (Wildman–Crippen MR) is 73.6 cm³/mol. The van der Waals surface area contributed by atoms with Gasteiger partial charge in [0.25, 0.3) is 5.91 Å². The van der Waals surface area contributed by atoms with Gasteiger partial charge in [0.1, 0.15) is 0 Å². The number of thiophene rings is 1. The number of amides is 3. The normalized spacial score (nSPS) is 18.8. The Morgan fingerprint density at radius 1 is 1.50 bits per heavy atom. The monoisotopic (exact) mass is 296 g/mol. The number of nitrogens with two attached hydrogens (primary N) is 1. The number of hydrogen-bond donors (Lipinski definition) is 3. The SMILES string of the molecule is CC1(C)C(=O)NC(=O)CN1Cc1ccc(C(=O)NN)s1. The van der Waals surface area contributed by atoms with Crippen molar-refractivity contribution in [3.63, 3.8) is 0 Å². The minimum atomic E-state index is -0.770. The lowest BCUT2D eigenvalue weighted by molar-refractivity contribution is -0.145. The average molecular weight is 296 g/mol. The second kappa shape index (κ2) is 5.31. The van der Waals surface area contributed by atoms with Gasteiger partial charge in [0.2, 0.25) is 11.8 Å². The van der Waals surface area contributed by atoms with Crippen LogP contribution in [0, 0.1) is 0 Å². The minimum absolute atomic E-state index is 0.148. The molecule has 8 heteroatoms. The van der Waals surface area contributed by atoms with Gasteiger partial charge >= 0.3 is 0 Å². The highest BCUT2D eigenvalue weighted by atomic mass is 32.1. The molecule has 0 saturated carbocycles. The lowest BCUT2D eigenvalue weighted by Gasteiger charge is -2.39. The fourth-order valence-electron chi connectivity index (χ4n) is 1.93. The van der Waals surface area contributed by atoms with Gasteiger partial charge in [0, 0.05) is 11.4 Å². The first-order valence-electron chi connectivity index (χ1n) is 6.03. The maximum absolute atomic E-state index is 11.8. The average Bonchev–Trinajstić information content (AvgIpc) is 2.84. The van der Waals surface area contributed by atoms with Crippen molar-refractivity contribution in [2.45, 2.75) is 25.9 Å². The molecule has 20 heavy (non-hydrogen) atoms. The van der Waals surface area contributed by atoms with Gasteiger partial charge in [-0.25, -0.2) is 5.84 Å². The molecule has 0 aromatic carbocycles. The number of hydrazine groups is 1. The molecular formula is C12H16N4O3S. The van der Waals surface area contributed by atoms with Crippen molar-refractivity contribution < 1.29 is 14.4 Å². The highest BCUT2D eigenvalue weighted by molar-refractivity contribution is 7.14. The van der Waals surface area contributed by atoms with Crippen LogP contribution in [0.2, 0.25) is 0 Å². The molecule has 1 fully saturated rings. The Morgan fingerprint density at radius 2 is 2.20 bits per heavy atom. The number of nitrogen functional groups attached to an aromatic ring is 1. The van der Waals surface area contributed by atoms with E-state index >= 15 is 0 Å². The van der Waals surface area contributed by atoms with Gasteiger partial charge < -0.3 is 0 Å². The van der Waals surface area contributed by atoms with E-state index in [1.807, 2.05) is 0 Å². The summed E-state index contributed by atoms with van der Waals surface area (Å²) >= 11 is 1.29. The number of imide groups is 1. The Kier molecular flexibility index (Phi) is 3.89. The van der Waals surface area contributed by atoms with E-state index in [2.05, 4.69) is 10.7 Å². The second-order valence-corrected chi connectivity index (χ2v) is 6.20. The van der Waals surface area contributed by atoms with E-state index < -0.39 is 5.54 Å². The third-order valence-corrected chi connectivity index (χ3v) is 4.37. The third-order valence-electron chi connectivity index (χ3n) is 3.30. The van der Waals surface area contributed by atoms with E-state index in [4.69, 9.17) is 5.84 Å². The Morgan fingerprint density at radius 3 is 2.85 bits per heavy atom. The van der Waals surface area contributed by atoms with Crippen molar-refractivity contribution >= 4 is 29.1 Å². The van der Waals surface area contributed by atoms with Crippen LogP contribution in [-0.2, 0) is 16.1 Å². The number of rotatable bonds is 3. The van der Waals surface area contributed by atoms with Gasteiger partial charge in [0.05, 0.1) is 17.0 Å². The summed E-state index contributed by atoms with van der Waals surface area (Å²) in [5.74, 6) is 4.09. The van der Waals surface area contributed by atoms with Crippen LogP contribution in [0.15, 0.2) is 12.1 Å². The zero-order chi connectivity index (χ0) is 14.9. The van der Waals surface area contributed by atoms with Crippen LogP contribution in [0.4, 0.5) is 0 Å². The summed E-state index contributed by atoms with van der Waals surface area (Å²) in [5.41, 5.74) is 1.30. The van der Waals surface area contributed by atoms with Crippen LogP contribution < -0.4 is 16.6 Å². The van der Waals surface area contributed by atoms with Crippen molar-refractivity contribution in [3.05, 3.63) is 21.9 Å². The van der Waals surface area contributed by atoms with Gasteiger partial charge in [-0.3, -0.25) is 30.0 Å². The summed E-state index contributed by atoms with van der Waals surface area (Å²) in [6.45, 7) is 4.09. The maximum atomic E-state index is 11.8. The van der Waals surface area contributed by atoms with E-state index in [-0.39, 0.29) is 24.3 Å². The summed E-state index contributed by atoms with van der Waals surface area (Å²) < 4.78 is 0. The predicted octanol–water partition coefficient (Wildman–Crippen LogP) is -0.411. The lowest BCUT2D eigenvalue weighted by Crippen LogP contribution is -2.63. The van der Waals surface area contributed by atoms with Gasteiger partial charge in [0.15, 0.2) is 0 Å². The number of hydrogen-bond acceptors (Lipinski definition) is 6. The van der Waals surface area contributed by atoms with E-state index in [0.717, 1.165) is 4.88 Å². The first kappa shape index (κ1) is 14.6. The Balaban J connectivity index is 2.16. The molecule has 1 aliphatic heterocycles. The van der Waals surface area contributed by atoms with Gasteiger partial charge in [-0.1, -0.05) is 0 Å². The summed E-state index contributed by atoms with van der Waals surface area (Å²) in [5, 5.41) is 2.32. The minimum Gasteiger partial charge on any atom is -0.294 e. The van der Waals surface area contributed by atoms with Crippen LogP contribution in [0.25, 0.3) is 0 Å². The number of piperazine rings is 1. The smallest absolute Gasteiger partial charge is 0.275 e. The molecule has 1 aliphatic rings. The highest BCUT2D eigenvalue weighted by Gasteiger charge is 2.40. The fourth-order valence-corrected chi connectivity index (χ4v) is 2.86. The van der Waals surface area contributed by atoms with Crippen molar-refractivity contribution in [3.8, 4) is 0 Å². The molecule has 3 amide bonds. The van der Waals surface area contributed by atoms with Crippen molar-refractivity contribution in [1.82, 2.24) is 15.6 Å². The molecule has 0 radical (unpaired) electrons. The zero-order valence-electron chi connectivity index (χ0n) is 11.2. The fraction of sp³-hybridized carbons (Fsp3) is 0.417. The van der Waals surface area contributed by atoms with Crippen molar-refractivity contribution in [1.29, 1.82) is 0 Å². The highest BCUT2D eigenvalue weighted by Crippen LogP contribution is 2.24. The molecule has 1 aromatic heterocycles. The summed E-state index contributed by atoms with van der Waals surface area (Å²) in [7, 11) is 0. The molecule has 0 spiro atoms. The first-order chi connectivity index (χ1) is 9.34. The molecular weight excluding hydrogens is 280 g/mol. The van der Waals surface area contributed by atoms with Gasteiger partial charge in [-0.15, -0.1) is 11.3 Å². The topological polar surface area (TPSA) is 105 Å². The first-order valence-corrected chi connectivity index (χ1v) is 6.85. The Labute approximate surface area is 120 Å². The molecule has 2 rings (SSSR count). The third kappa shape index (κ3) is 2.72. The van der Waals surface area contributed by atoms with Crippen molar-refractivity contribution in [2.24, 2.45) is 5.84 Å². The van der Waals surface area contributed by atoms with E-state index in [9.17, 15) is 14.4 Å². The molecule has 1 saturated heterocycles. The summed E-state index contributed by atoms with van der Waals surface area (Å²) in [6.07, 6.45) is 0. The molecule has 0 atom stereocenters. The Hall–Kier alpha value is -1.77. The van der Waals surface area contributed by atoms with E-state index in [1.54, 1.807) is 30.9 Å².